The molecule has 4 heteroatoms. The highest BCUT2D eigenvalue weighted by Crippen LogP contribution is 2.28. The van der Waals surface area contributed by atoms with Crippen LogP contribution < -0.4 is 4.90 Å². The van der Waals surface area contributed by atoms with Crippen LogP contribution in [0, 0.1) is 0 Å². The number of rotatable bonds is 6. The van der Waals surface area contributed by atoms with Gasteiger partial charge in [0.1, 0.15) is 0 Å². The third kappa shape index (κ3) is 4.19. The van der Waals surface area contributed by atoms with Crippen molar-refractivity contribution in [2.45, 2.75) is 19.4 Å². The molecule has 0 unspecified atom stereocenters. The first-order valence-electron chi connectivity index (χ1n) is 5.74. The molecule has 0 heterocycles. The molecular weight excluding hydrogens is 238 g/mol. The van der Waals surface area contributed by atoms with E-state index in [2.05, 4.69) is 4.90 Å². The Morgan fingerprint density at radius 3 is 2.71 bits per heavy atom. The van der Waals surface area contributed by atoms with Crippen molar-refractivity contribution in [2.75, 3.05) is 32.2 Å². The van der Waals surface area contributed by atoms with E-state index in [9.17, 15) is 5.11 Å². The number of benzene rings is 1. The Hall–Kier alpha value is -0.770. The van der Waals surface area contributed by atoms with Crippen molar-refractivity contribution in [1.82, 2.24) is 0 Å². The molecule has 0 spiro atoms. The predicted molar refractivity (Wildman–Crippen MR) is 71.8 cm³/mol. The summed E-state index contributed by atoms with van der Waals surface area (Å²) in [7, 11) is 3.70. The van der Waals surface area contributed by atoms with Crippen LogP contribution in [-0.2, 0) is 4.74 Å². The number of nitrogens with zero attached hydrogens (tertiary/aromatic N) is 1. The van der Waals surface area contributed by atoms with Gasteiger partial charge in [-0.15, -0.1) is 0 Å². The number of aliphatic hydroxyl groups excluding tert-OH is 1. The summed E-state index contributed by atoms with van der Waals surface area (Å²) in [5.74, 6) is 0. The third-order valence-corrected chi connectivity index (χ3v) is 3.01. The smallest absolute Gasteiger partial charge is 0.0762 e. The average Bonchev–Trinajstić information content (AvgIpc) is 2.28. The molecule has 96 valence electrons. The molecule has 0 aromatic heterocycles. The van der Waals surface area contributed by atoms with Gasteiger partial charge in [0, 0.05) is 27.3 Å². The largest absolute Gasteiger partial charge is 0.389 e. The SMILES string of the molecule is COCCCN(C)c1ccc([C@H](C)O)cc1Cl. The van der Waals surface area contributed by atoms with E-state index in [1.54, 1.807) is 14.0 Å². The molecule has 1 N–H and O–H groups in total. The fraction of sp³-hybridized carbons (Fsp3) is 0.538. The first-order chi connectivity index (χ1) is 8.06. The van der Waals surface area contributed by atoms with E-state index < -0.39 is 6.10 Å². The summed E-state index contributed by atoms with van der Waals surface area (Å²) in [5.41, 5.74) is 1.82. The standard InChI is InChI=1S/C13H20ClNO2/c1-10(16)11-5-6-13(12(14)9-11)15(2)7-4-8-17-3/h5-6,9-10,16H,4,7-8H2,1-3H3/t10-/m0/s1. The zero-order chi connectivity index (χ0) is 12.8. The van der Waals surface area contributed by atoms with Crippen molar-refractivity contribution in [3.8, 4) is 0 Å². The van der Waals surface area contributed by atoms with Crippen molar-refractivity contribution < 1.29 is 9.84 Å². The van der Waals surface area contributed by atoms with E-state index in [1.807, 2.05) is 25.2 Å². The van der Waals surface area contributed by atoms with Crippen LogP contribution in [-0.4, -0.2) is 32.4 Å². The number of methoxy groups -OCH3 is 1. The van der Waals surface area contributed by atoms with Crippen LogP contribution in [0.15, 0.2) is 18.2 Å². The molecule has 0 fully saturated rings. The van der Waals surface area contributed by atoms with Crippen LogP contribution in [0.2, 0.25) is 5.02 Å². The summed E-state index contributed by atoms with van der Waals surface area (Å²) < 4.78 is 5.02. The normalized spacial score (nSPS) is 12.5. The summed E-state index contributed by atoms with van der Waals surface area (Å²) in [6.45, 7) is 3.36. The summed E-state index contributed by atoms with van der Waals surface area (Å²) in [6.07, 6.45) is 0.474. The fourth-order valence-corrected chi connectivity index (χ4v) is 1.99. The molecule has 0 saturated heterocycles. The Morgan fingerprint density at radius 2 is 2.18 bits per heavy atom. The van der Waals surface area contributed by atoms with Gasteiger partial charge in [-0.3, -0.25) is 0 Å². The van der Waals surface area contributed by atoms with Gasteiger partial charge in [-0.05, 0) is 31.0 Å². The lowest BCUT2D eigenvalue weighted by atomic mass is 10.1. The Kier molecular flexibility index (Phi) is 5.75. The number of anilines is 1. The molecule has 0 amide bonds. The zero-order valence-corrected chi connectivity index (χ0v) is 11.4. The first-order valence-corrected chi connectivity index (χ1v) is 6.11. The summed E-state index contributed by atoms with van der Waals surface area (Å²) in [4.78, 5) is 2.09. The lowest BCUT2D eigenvalue weighted by Crippen LogP contribution is -2.20. The second kappa shape index (κ2) is 6.84. The van der Waals surface area contributed by atoms with Gasteiger partial charge in [0.15, 0.2) is 0 Å². The lowest BCUT2D eigenvalue weighted by Gasteiger charge is -2.21. The van der Waals surface area contributed by atoms with Crippen LogP contribution >= 0.6 is 11.6 Å². The molecular formula is C13H20ClNO2. The first kappa shape index (κ1) is 14.3. The van der Waals surface area contributed by atoms with E-state index >= 15 is 0 Å². The number of aliphatic hydroxyl groups is 1. The average molecular weight is 258 g/mol. The Bertz CT molecular complexity index is 355. The zero-order valence-electron chi connectivity index (χ0n) is 10.6. The second-order valence-corrected chi connectivity index (χ2v) is 4.56. The molecule has 0 bridgehead atoms. The topological polar surface area (TPSA) is 32.7 Å². The molecule has 17 heavy (non-hydrogen) atoms. The van der Waals surface area contributed by atoms with Crippen LogP contribution in [0.5, 0.6) is 0 Å². The van der Waals surface area contributed by atoms with Crippen LogP contribution in [0.25, 0.3) is 0 Å². The molecule has 1 rings (SSSR count). The summed E-state index contributed by atoms with van der Waals surface area (Å²) in [5, 5.41) is 10.1. The molecule has 0 saturated carbocycles. The van der Waals surface area contributed by atoms with E-state index in [-0.39, 0.29) is 0 Å². The van der Waals surface area contributed by atoms with Gasteiger partial charge in [-0.1, -0.05) is 17.7 Å². The fourth-order valence-electron chi connectivity index (χ4n) is 1.66. The summed E-state index contributed by atoms with van der Waals surface area (Å²) >= 11 is 6.20. The van der Waals surface area contributed by atoms with E-state index in [1.165, 1.54) is 0 Å². The van der Waals surface area contributed by atoms with E-state index in [0.717, 1.165) is 30.8 Å². The Morgan fingerprint density at radius 1 is 1.47 bits per heavy atom. The third-order valence-electron chi connectivity index (χ3n) is 2.71. The molecule has 1 atom stereocenters. The monoisotopic (exact) mass is 257 g/mol. The molecule has 0 radical (unpaired) electrons. The van der Waals surface area contributed by atoms with Crippen molar-refractivity contribution in [3.05, 3.63) is 28.8 Å². The predicted octanol–water partition coefficient (Wildman–Crippen LogP) is 2.87. The van der Waals surface area contributed by atoms with Crippen molar-refractivity contribution >= 4 is 17.3 Å². The van der Waals surface area contributed by atoms with Crippen LogP contribution in [0.1, 0.15) is 25.0 Å². The van der Waals surface area contributed by atoms with Gasteiger partial charge in [-0.25, -0.2) is 0 Å². The highest BCUT2D eigenvalue weighted by atomic mass is 35.5. The Balaban J connectivity index is 2.70. The quantitative estimate of drug-likeness (QED) is 0.796. The van der Waals surface area contributed by atoms with Gasteiger partial charge < -0.3 is 14.7 Å². The molecule has 0 aliphatic carbocycles. The lowest BCUT2D eigenvalue weighted by molar-refractivity contribution is 0.196. The highest BCUT2D eigenvalue weighted by Gasteiger charge is 2.08. The van der Waals surface area contributed by atoms with E-state index in [4.69, 9.17) is 16.3 Å². The van der Waals surface area contributed by atoms with Crippen LogP contribution in [0.4, 0.5) is 5.69 Å². The van der Waals surface area contributed by atoms with E-state index in [0.29, 0.717) is 5.02 Å². The second-order valence-electron chi connectivity index (χ2n) is 4.15. The summed E-state index contributed by atoms with van der Waals surface area (Å²) in [6, 6.07) is 5.66. The number of ether oxygens (including phenoxy) is 1. The maximum Gasteiger partial charge on any atom is 0.0762 e. The minimum Gasteiger partial charge on any atom is -0.389 e. The maximum absolute atomic E-state index is 9.46. The van der Waals surface area contributed by atoms with Crippen molar-refractivity contribution in [1.29, 1.82) is 0 Å². The minimum absolute atomic E-state index is 0.486. The molecule has 0 aliphatic heterocycles. The maximum atomic E-state index is 9.46. The number of hydrogen-bond acceptors (Lipinski definition) is 3. The molecule has 1 aromatic carbocycles. The number of halogens is 1. The van der Waals surface area contributed by atoms with Gasteiger partial charge in [-0.2, -0.15) is 0 Å². The van der Waals surface area contributed by atoms with Gasteiger partial charge in [0.25, 0.3) is 0 Å². The number of hydrogen-bond donors (Lipinski definition) is 1. The van der Waals surface area contributed by atoms with Gasteiger partial charge in [0.05, 0.1) is 16.8 Å². The van der Waals surface area contributed by atoms with Crippen molar-refractivity contribution in [2.24, 2.45) is 0 Å². The molecule has 1 aromatic rings. The molecule has 3 nitrogen and oxygen atoms in total. The minimum atomic E-state index is -0.486. The van der Waals surface area contributed by atoms with Crippen LogP contribution in [0.3, 0.4) is 0 Å². The van der Waals surface area contributed by atoms with Crippen molar-refractivity contribution in [3.63, 3.8) is 0 Å². The van der Waals surface area contributed by atoms with Gasteiger partial charge in [0.2, 0.25) is 0 Å². The Labute approximate surface area is 108 Å². The molecule has 0 aliphatic rings. The highest BCUT2D eigenvalue weighted by molar-refractivity contribution is 6.33. The van der Waals surface area contributed by atoms with Gasteiger partial charge >= 0.3 is 0 Å².